The van der Waals surface area contributed by atoms with Gasteiger partial charge in [-0.15, -0.1) is 0 Å². The molecule has 0 atom stereocenters. The molecule has 0 amide bonds. The van der Waals surface area contributed by atoms with E-state index in [1.807, 2.05) is 133 Å². The third-order valence-corrected chi connectivity index (χ3v) is 12.8. The summed E-state index contributed by atoms with van der Waals surface area (Å²) in [5.41, 5.74) is 10.6. The number of nitrogens with zero attached hydrogens (tertiary/aromatic N) is 1. The van der Waals surface area contributed by atoms with Gasteiger partial charge < -0.3 is 9.32 Å². The lowest BCUT2D eigenvalue weighted by molar-refractivity contribution is 0.673. The zero-order chi connectivity index (χ0) is 45.4. The average Bonchev–Trinajstić information content (AvgIpc) is 3.75. The quantitative estimate of drug-likeness (QED) is 0.174. The highest BCUT2D eigenvalue weighted by atomic mass is 16.3. The van der Waals surface area contributed by atoms with Crippen molar-refractivity contribution in [2.75, 3.05) is 4.90 Å². The number of benzene rings is 10. The Morgan fingerprint density at radius 3 is 1.52 bits per heavy atom. The number of rotatable bonds is 7. The summed E-state index contributed by atoms with van der Waals surface area (Å²) < 4.78 is 6.58. The Hall–Kier alpha value is -7.16. The third-order valence-electron chi connectivity index (χ3n) is 12.8. The number of fused-ring (bicyclic) bond motifs is 6. The van der Waals surface area contributed by atoms with Crippen molar-refractivity contribution < 1.29 is 4.42 Å². The van der Waals surface area contributed by atoms with Crippen molar-refractivity contribution in [3.8, 4) is 44.5 Å². The highest BCUT2D eigenvalue weighted by molar-refractivity contribution is 6.65. The van der Waals surface area contributed by atoms with Crippen molar-refractivity contribution in [1.82, 2.24) is 0 Å². The summed E-state index contributed by atoms with van der Waals surface area (Å²) in [5.74, 6) is 0. The highest BCUT2D eigenvalue weighted by Crippen LogP contribution is 2.41. The Labute approximate surface area is 394 Å². The smallest absolute Gasteiger partial charge is 0.143 e. The molecule has 288 valence electrons. The van der Waals surface area contributed by atoms with Crippen molar-refractivity contribution in [1.29, 1.82) is 0 Å². The molecule has 0 bridgehead atoms. The number of anilines is 3. The van der Waals surface area contributed by atoms with Crippen LogP contribution >= 0.6 is 0 Å². The molecule has 0 saturated carbocycles. The lowest BCUT2D eigenvalue weighted by Crippen LogP contribution is -2.50. The molecule has 66 heavy (non-hydrogen) atoms. The lowest BCUT2D eigenvalue weighted by atomic mass is 9.62. The van der Waals surface area contributed by atoms with Crippen LogP contribution in [0, 0.1) is 0 Å². The van der Waals surface area contributed by atoms with Gasteiger partial charge in [0.2, 0.25) is 0 Å². The van der Waals surface area contributed by atoms with Crippen molar-refractivity contribution in [2.24, 2.45) is 0 Å². The zero-order valence-corrected chi connectivity index (χ0v) is 35.7. The van der Waals surface area contributed by atoms with E-state index in [2.05, 4.69) is 42.5 Å². The fourth-order valence-electron chi connectivity index (χ4n) is 9.59. The summed E-state index contributed by atoms with van der Waals surface area (Å²) in [5, 5.41) is 6.01. The largest absolute Gasteiger partial charge is 0.455 e. The van der Waals surface area contributed by atoms with Crippen LogP contribution < -0.4 is 48.6 Å². The molecule has 10 heteroatoms. The van der Waals surface area contributed by atoms with Crippen LogP contribution in [0.1, 0.15) is 0 Å². The Morgan fingerprint density at radius 1 is 0.333 bits per heavy atom. The summed E-state index contributed by atoms with van der Waals surface area (Å²) in [6, 6.07) is 58.3. The van der Waals surface area contributed by atoms with Gasteiger partial charge in [0.25, 0.3) is 0 Å². The van der Waals surface area contributed by atoms with E-state index in [9.17, 15) is 0 Å². The summed E-state index contributed by atoms with van der Waals surface area (Å²) in [4.78, 5) is 1.77. The topological polar surface area (TPSA) is 16.4 Å². The molecule has 2 nitrogen and oxygen atoms in total. The Kier molecular flexibility index (Phi) is 10.3. The predicted octanol–water partition coefficient (Wildman–Crippen LogP) is 6.38. The lowest BCUT2D eigenvalue weighted by Gasteiger charge is -2.37. The second kappa shape index (κ2) is 16.4. The van der Waals surface area contributed by atoms with Gasteiger partial charge in [-0.3, -0.25) is 0 Å². The van der Waals surface area contributed by atoms with E-state index >= 15 is 0 Å². The van der Waals surface area contributed by atoms with Gasteiger partial charge in [0.05, 0.1) is 0 Å². The number of hydrogen-bond acceptors (Lipinski definition) is 2. The fraction of sp³-hybridized carbons (Fsp3) is 0. The van der Waals surface area contributed by atoms with Crippen molar-refractivity contribution in [3.05, 3.63) is 176 Å². The molecule has 0 unspecified atom stereocenters. The summed E-state index contributed by atoms with van der Waals surface area (Å²) in [6.45, 7) is 0. The van der Waals surface area contributed by atoms with Crippen LogP contribution in [0.25, 0.3) is 88.0 Å². The van der Waals surface area contributed by atoms with Gasteiger partial charge in [0.15, 0.2) is 0 Å². The summed E-state index contributed by atoms with van der Waals surface area (Å²) in [7, 11) is 57.2. The standard InChI is InChI=1S/C56H29B8NO/c57-46-43(34-25-23-31(24-26-34)30-11-2-1-3-12-30)47(58)51(62)54(50(46)61)65(55-52(63)48(59)45(49(60)53(55)64)40-21-9-15-32-13-4-6-18-37(32)40)36-17-8-16-35(29-36)38-20-10-22-42-44(38)41-28-27-33-14-5-7-19-39(33)56(41)66-42/h1-29H. The molecular formula is C56H29B8NO. The number of hydrogen-bond donors (Lipinski definition) is 0. The Morgan fingerprint density at radius 2 is 0.833 bits per heavy atom. The van der Waals surface area contributed by atoms with Gasteiger partial charge in [-0.2, -0.15) is 0 Å². The maximum atomic E-state index is 7.23. The SMILES string of the molecule is [B]c1c([B])c(N(c2cccc(-c3cccc4oc5c6ccccc6ccc5c34)c2)c2c([B])c([B])c(-c3cccc4ccccc34)c([B])c2[B])c([B])c([B])c1-c1ccc(-c2ccccc2)cc1. The predicted molar refractivity (Wildman–Crippen MR) is 288 cm³/mol. The molecule has 0 N–H and O–H groups in total. The second-order valence-electron chi connectivity index (χ2n) is 16.6. The average molecular weight is 818 g/mol. The van der Waals surface area contributed by atoms with E-state index in [1.165, 1.54) is 0 Å². The minimum Gasteiger partial charge on any atom is -0.455 e. The van der Waals surface area contributed by atoms with Crippen molar-refractivity contribution >= 4 is 167 Å². The van der Waals surface area contributed by atoms with Crippen LogP contribution in [-0.4, -0.2) is 62.8 Å². The first-order valence-electron chi connectivity index (χ1n) is 21.5. The van der Waals surface area contributed by atoms with Gasteiger partial charge in [0.1, 0.15) is 73.9 Å². The monoisotopic (exact) mass is 819 g/mol. The first kappa shape index (κ1) is 41.5. The molecule has 10 aromatic carbocycles. The van der Waals surface area contributed by atoms with Crippen LogP contribution in [0.5, 0.6) is 0 Å². The van der Waals surface area contributed by atoms with Gasteiger partial charge in [-0.25, -0.2) is 0 Å². The first-order chi connectivity index (χ1) is 32.1. The van der Waals surface area contributed by atoms with E-state index in [1.54, 1.807) is 4.90 Å². The molecule has 0 spiro atoms. The van der Waals surface area contributed by atoms with Gasteiger partial charge in [-0.05, 0) is 84.9 Å². The molecule has 0 aliphatic rings. The van der Waals surface area contributed by atoms with E-state index in [0.717, 1.165) is 76.9 Å². The molecular weight excluding hydrogens is 789 g/mol. The van der Waals surface area contributed by atoms with Gasteiger partial charge in [-0.1, -0.05) is 195 Å². The molecule has 16 radical (unpaired) electrons. The highest BCUT2D eigenvalue weighted by Gasteiger charge is 2.27. The molecule has 1 heterocycles. The summed E-state index contributed by atoms with van der Waals surface area (Å²) in [6.07, 6.45) is 0. The van der Waals surface area contributed by atoms with Crippen LogP contribution in [0.3, 0.4) is 0 Å². The minimum atomic E-state index is 0.151. The van der Waals surface area contributed by atoms with Crippen molar-refractivity contribution in [3.63, 3.8) is 0 Å². The minimum absolute atomic E-state index is 0.151. The van der Waals surface area contributed by atoms with Crippen LogP contribution in [-0.2, 0) is 0 Å². The third kappa shape index (κ3) is 6.60. The Balaban J connectivity index is 1.14. The molecule has 0 saturated heterocycles. The second-order valence-corrected chi connectivity index (χ2v) is 16.6. The van der Waals surface area contributed by atoms with Crippen LogP contribution in [0.2, 0.25) is 0 Å². The fourth-order valence-corrected chi connectivity index (χ4v) is 9.59. The molecule has 0 aliphatic heterocycles. The Bertz CT molecular complexity index is 3690. The first-order valence-corrected chi connectivity index (χ1v) is 21.5. The molecule has 0 aliphatic carbocycles. The molecule has 0 fully saturated rings. The van der Waals surface area contributed by atoms with E-state index < -0.39 is 0 Å². The van der Waals surface area contributed by atoms with Crippen LogP contribution in [0.15, 0.2) is 180 Å². The molecule has 1 aromatic heterocycles. The zero-order valence-electron chi connectivity index (χ0n) is 35.7. The van der Waals surface area contributed by atoms with E-state index in [4.69, 9.17) is 67.2 Å². The van der Waals surface area contributed by atoms with E-state index in [-0.39, 0.29) is 55.1 Å². The van der Waals surface area contributed by atoms with Gasteiger partial charge in [0, 0.05) is 33.2 Å². The summed E-state index contributed by atoms with van der Waals surface area (Å²) >= 11 is 0. The number of furan rings is 1. The molecule has 11 rings (SSSR count). The van der Waals surface area contributed by atoms with Crippen molar-refractivity contribution in [2.45, 2.75) is 0 Å². The maximum absolute atomic E-state index is 7.23. The normalized spacial score (nSPS) is 11.5. The van der Waals surface area contributed by atoms with E-state index in [0.29, 0.717) is 16.8 Å². The maximum Gasteiger partial charge on any atom is 0.143 e. The van der Waals surface area contributed by atoms with Crippen LogP contribution in [0.4, 0.5) is 17.1 Å². The molecule has 11 aromatic rings. The van der Waals surface area contributed by atoms with Gasteiger partial charge >= 0.3 is 0 Å².